The third-order valence-electron chi connectivity index (χ3n) is 2.87. The molecule has 0 aliphatic carbocycles. The van der Waals surface area contributed by atoms with E-state index in [9.17, 15) is 4.79 Å². The van der Waals surface area contributed by atoms with E-state index in [0.717, 1.165) is 10.6 Å². The minimum absolute atomic E-state index is 0.367. The third-order valence-corrected chi connectivity index (χ3v) is 3.24. The lowest BCUT2D eigenvalue weighted by molar-refractivity contribution is 0.0953. The van der Waals surface area contributed by atoms with E-state index in [0.29, 0.717) is 24.4 Å². The largest absolute Gasteiger partial charge is 0.467 e. The van der Waals surface area contributed by atoms with Crippen molar-refractivity contribution in [1.29, 1.82) is 0 Å². The zero-order valence-electron chi connectivity index (χ0n) is 11.1. The molecule has 1 heterocycles. The second kappa shape index (κ2) is 6.56. The summed E-state index contributed by atoms with van der Waals surface area (Å²) in [5.74, 6) is 5.39. The molecule has 1 amide bonds. The van der Waals surface area contributed by atoms with Gasteiger partial charge in [-0.2, -0.15) is 0 Å². The summed E-state index contributed by atoms with van der Waals surface area (Å²) in [7, 11) is 1.95. The Balaban J connectivity index is 1.98. The average Bonchev–Trinajstić information content (AvgIpc) is 2.89. The van der Waals surface area contributed by atoms with Gasteiger partial charge in [0.15, 0.2) is 0 Å². The minimum atomic E-state index is -0.367. The number of carbonyl (C=O) groups excluding carboxylic acids is 1. The van der Waals surface area contributed by atoms with E-state index in [4.69, 9.17) is 21.9 Å². The molecule has 0 aliphatic rings. The smallest absolute Gasteiger partial charge is 0.268 e. The summed E-state index contributed by atoms with van der Waals surface area (Å²) < 4.78 is 5.34. The fraction of sp³-hybridized carbons (Fsp3) is 0.214. The molecule has 6 heteroatoms. The van der Waals surface area contributed by atoms with Crippen LogP contribution in [0.4, 0.5) is 0 Å². The lowest BCUT2D eigenvalue weighted by Gasteiger charge is -2.15. The highest BCUT2D eigenvalue weighted by molar-refractivity contribution is 6.31. The predicted octanol–water partition coefficient (Wildman–Crippen LogP) is 2.17. The molecular formula is C14H16ClN3O2. The Bertz CT molecular complexity index is 598. The molecule has 1 aromatic carbocycles. The number of rotatable bonds is 5. The molecule has 2 rings (SSSR count). The maximum Gasteiger partial charge on any atom is 0.268 e. The number of hydrogen-bond acceptors (Lipinski definition) is 4. The number of nitrogen functional groups attached to an aromatic ring is 1. The quantitative estimate of drug-likeness (QED) is 0.503. The number of hydrazine groups is 1. The summed E-state index contributed by atoms with van der Waals surface area (Å²) in [6.45, 7) is 1.27. The molecule has 20 heavy (non-hydrogen) atoms. The van der Waals surface area contributed by atoms with Crippen LogP contribution in [0, 0.1) is 0 Å². The summed E-state index contributed by atoms with van der Waals surface area (Å²) in [5.41, 5.74) is 3.52. The summed E-state index contributed by atoms with van der Waals surface area (Å²) in [5, 5.41) is 0.738. The van der Waals surface area contributed by atoms with Crippen LogP contribution >= 0.6 is 11.6 Å². The first-order valence-corrected chi connectivity index (χ1v) is 6.48. The highest BCUT2D eigenvalue weighted by Crippen LogP contribution is 2.18. The van der Waals surface area contributed by atoms with Crippen molar-refractivity contribution >= 4 is 17.5 Å². The molecule has 3 N–H and O–H groups in total. The van der Waals surface area contributed by atoms with E-state index in [1.807, 2.05) is 36.2 Å². The van der Waals surface area contributed by atoms with Crippen LogP contribution in [0.1, 0.15) is 21.7 Å². The number of amides is 1. The van der Waals surface area contributed by atoms with Crippen molar-refractivity contribution in [3.8, 4) is 0 Å². The summed E-state index contributed by atoms with van der Waals surface area (Å²) in [6, 6.07) is 9.36. The number of furan rings is 1. The molecule has 0 spiro atoms. The molecule has 2 aromatic rings. The SMILES string of the molecule is CN(Cc1cc(C(=O)NN)co1)Cc1ccccc1Cl. The van der Waals surface area contributed by atoms with Crippen LogP contribution in [0.15, 0.2) is 41.0 Å². The van der Waals surface area contributed by atoms with Gasteiger partial charge in [0.25, 0.3) is 5.91 Å². The Hall–Kier alpha value is -1.82. The summed E-state index contributed by atoms with van der Waals surface area (Å²) in [6.07, 6.45) is 1.39. The van der Waals surface area contributed by atoms with Crippen molar-refractivity contribution in [3.05, 3.63) is 58.5 Å². The third kappa shape index (κ3) is 3.60. The van der Waals surface area contributed by atoms with Crippen LogP contribution in [0.2, 0.25) is 5.02 Å². The van der Waals surface area contributed by atoms with Gasteiger partial charge >= 0.3 is 0 Å². The van der Waals surface area contributed by atoms with Crippen LogP contribution in [0.25, 0.3) is 0 Å². The minimum Gasteiger partial charge on any atom is -0.467 e. The highest BCUT2D eigenvalue weighted by atomic mass is 35.5. The molecule has 0 unspecified atom stereocenters. The second-order valence-electron chi connectivity index (χ2n) is 4.54. The van der Waals surface area contributed by atoms with E-state index in [2.05, 4.69) is 5.43 Å². The van der Waals surface area contributed by atoms with Crippen LogP contribution < -0.4 is 11.3 Å². The van der Waals surface area contributed by atoms with Crippen LogP contribution in [-0.2, 0) is 13.1 Å². The molecular weight excluding hydrogens is 278 g/mol. The van der Waals surface area contributed by atoms with Crippen LogP contribution in [0.3, 0.4) is 0 Å². The van der Waals surface area contributed by atoms with Crippen molar-refractivity contribution in [3.63, 3.8) is 0 Å². The molecule has 1 aromatic heterocycles. The Morgan fingerprint density at radius 2 is 2.15 bits per heavy atom. The molecule has 106 valence electrons. The number of carbonyl (C=O) groups is 1. The first kappa shape index (κ1) is 14.6. The Labute approximate surface area is 122 Å². The molecule has 0 saturated carbocycles. The second-order valence-corrected chi connectivity index (χ2v) is 4.95. The van der Waals surface area contributed by atoms with Crippen molar-refractivity contribution in [2.45, 2.75) is 13.1 Å². The molecule has 0 fully saturated rings. The van der Waals surface area contributed by atoms with Crippen molar-refractivity contribution < 1.29 is 9.21 Å². The van der Waals surface area contributed by atoms with Gasteiger partial charge in [-0.1, -0.05) is 29.8 Å². The number of benzene rings is 1. The van der Waals surface area contributed by atoms with Crippen LogP contribution in [0.5, 0.6) is 0 Å². The van der Waals surface area contributed by atoms with Crippen molar-refractivity contribution in [2.24, 2.45) is 5.84 Å². The maximum absolute atomic E-state index is 11.3. The van der Waals surface area contributed by atoms with Crippen molar-refractivity contribution in [1.82, 2.24) is 10.3 Å². The van der Waals surface area contributed by atoms with E-state index < -0.39 is 0 Å². The summed E-state index contributed by atoms with van der Waals surface area (Å²) >= 11 is 6.12. The standard InChI is InChI=1S/C14H16ClN3O2/c1-18(7-10-4-2-3-5-13(10)15)8-12-6-11(9-20-12)14(19)17-16/h2-6,9H,7-8,16H2,1H3,(H,17,19). The average molecular weight is 294 g/mol. The fourth-order valence-electron chi connectivity index (χ4n) is 1.91. The fourth-order valence-corrected chi connectivity index (χ4v) is 2.10. The Morgan fingerprint density at radius 3 is 2.85 bits per heavy atom. The van der Waals surface area contributed by atoms with Gasteiger partial charge in [0.1, 0.15) is 12.0 Å². The molecule has 0 bridgehead atoms. The molecule has 0 atom stereocenters. The van der Waals surface area contributed by atoms with Gasteiger partial charge < -0.3 is 4.42 Å². The molecule has 0 aliphatic heterocycles. The molecule has 0 radical (unpaired) electrons. The molecule has 0 saturated heterocycles. The van der Waals surface area contributed by atoms with Gasteiger partial charge in [0.05, 0.1) is 12.1 Å². The van der Waals surface area contributed by atoms with Gasteiger partial charge in [-0.15, -0.1) is 0 Å². The Morgan fingerprint density at radius 1 is 1.40 bits per heavy atom. The van der Waals surface area contributed by atoms with Crippen LogP contribution in [-0.4, -0.2) is 17.9 Å². The van der Waals surface area contributed by atoms with Gasteiger partial charge in [-0.25, -0.2) is 5.84 Å². The van der Waals surface area contributed by atoms with Gasteiger partial charge in [-0.05, 0) is 24.7 Å². The summed E-state index contributed by atoms with van der Waals surface area (Å²) in [4.78, 5) is 13.4. The van der Waals surface area contributed by atoms with Gasteiger partial charge in [0.2, 0.25) is 0 Å². The lowest BCUT2D eigenvalue weighted by Crippen LogP contribution is -2.29. The number of nitrogens with zero attached hydrogens (tertiary/aromatic N) is 1. The van der Waals surface area contributed by atoms with Crippen molar-refractivity contribution in [2.75, 3.05) is 7.05 Å². The van der Waals surface area contributed by atoms with E-state index in [1.54, 1.807) is 6.07 Å². The van der Waals surface area contributed by atoms with E-state index in [-0.39, 0.29) is 5.91 Å². The van der Waals surface area contributed by atoms with E-state index in [1.165, 1.54) is 6.26 Å². The van der Waals surface area contributed by atoms with Gasteiger partial charge in [0, 0.05) is 11.6 Å². The topological polar surface area (TPSA) is 71.5 Å². The van der Waals surface area contributed by atoms with Gasteiger partial charge in [-0.3, -0.25) is 15.1 Å². The first-order valence-electron chi connectivity index (χ1n) is 6.10. The number of halogens is 1. The van der Waals surface area contributed by atoms with E-state index >= 15 is 0 Å². The number of nitrogens with one attached hydrogen (secondary N) is 1. The lowest BCUT2D eigenvalue weighted by atomic mass is 10.2. The normalized spacial score (nSPS) is 10.8. The Kier molecular flexibility index (Phi) is 4.79. The molecule has 5 nitrogen and oxygen atoms in total. The highest BCUT2D eigenvalue weighted by Gasteiger charge is 2.11. The maximum atomic E-state index is 11.3. The first-order chi connectivity index (χ1) is 9.60. The zero-order valence-corrected chi connectivity index (χ0v) is 11.9. The monoisotopic (exact) mass is 293 g/mol. The number of nitrogens with two attached hydrogens (primary N) is 1. The predicted molar refractivity (Wildman–Crippen MR) is 77.0 cm³/mol. The zero-order chi connectivity index (χ0) is 14.5. The number of hydrogen-bond donors (Lipinski definition) is 2.